The maximum absolute atomic E-state index is 11.6. The Morgan fingerprint density at radius 3 is 2.55 bits per heavy atom. The van der Waals surface area contributed by atoms with Crippen molar-refractivity contribution in [1.29, 1.82) is 0 Å². The summed E-state index contributed by atoms with van der Waals surface area (Å²) < 4.78 is 0. The van der Waals surface area contributed by atoms with Gasteiger partial charge in [0.2, 0.25) is 0 Å². The van der Waals surface area contributed by atoms with Crippen molar-refractivity contribution < 1.29 is 4.79 Å². The van der Waals surface area contributed by atoms with Crippen LogP contribution in [0.1, 0.15) is 26.2 Å². The first-order chi connectivity index (χ1) is 5.29. The molecule has 0 aromatic heterocycles. The van der Waals surface area contributed by atoms with Crippen molar-refractivity contribution in [2.45, 2.75) is 32.2 Å². The summed E-state index contributed by atoms with van der Waals surface area (Å²) in [4.78, 5) is 11.6. The van der Waals surface area contributed by atoms with Gasteiger partial charge in [-0.1, -0.05) is 0 Å². The Morgan fingerprint density at radius 1 is 1.36 bits per heavy atom. The fraction of sp³-hybridized carbons (Fsp3) is 0.889. The molecule has 1 aliphatic heterocycles. The van der Waals surface area contributed by atoms with Crippen molar-refractivity contribution in [3.63, 3.8) is 0 Å². The third kappa shape index (κ3) is 1.32. The lowest BCUT2D eigenvalue weighted by atomic mass is 9.94. The van der Waals surface area contributed by atoms with Gasteiger partial charge in [0.05, 0.1) is 0 Å². The molecule has 2 atom stereocenters. The maximum Gasteiger partial charge on any atom is 0.140 e. The molecule has 0 radical (unpaired) electrons. The molecule has 0 bridgehead atoms. The van der Waals surface area contributed by atoms with E-state index >= 15 is 0 Å². The predicted octanol–water partition coefficient (Wildman–Crippen LogP) is 0.964. The molecule has 1 saturated carbocycles. The third-order valence-corrected chi connectivity index (χ3v) is 2.87. The van der Waals surface area contributed by atoms with Gasteiger partial charge in [-0.05, 0) is 32.7 Å². The average Bonchev–Trinajstić information content (AvgIpc) is 2.74. The van der Waals surface area contributed by atoms with Crippen molar-refractivity contribution in [3.05, 3.63) is 0 Å². The first-order valence-corrected chi connectivity index (χ1v) is 4.56. The Balaban J connectivity index is 1.96. The van der Waals surface area contributed by atoms with E-state index in [9.17, 15) is 4.79 Å². The molecule has 2 rings (SSSR count). The summed E-state index contributed by atoms with van der Waals surface area (Å²) in [6.45, 7) is 3.16. The third-order valence-electron chi connectivity index (χ3n) is 2.87. The molecule has 0 aromatic carbocycles. The zero-order valence-electron chi connectivity index (χ0n) is 6.97. The second-order valence-corrected chi connectivity index (χ2v) is 3.81. The Kier molecular flexibility index (Phi) is 1.72. The molecule has 0 spiro atoms. The summed E-state index contributed by atoms with van der Waals surface area (Å²) in [5.74, 6) is 1.31. The van der Waals surface area contributed by atoms with E-state index in [1.165, 1.54) is 0 Å². The first-order valence-electron chi connectivity index (χ1n) is 4.56. The number of nitrogens with one attached hydrogen (secondary N) is 1. The standard InChI is InChI=1S/C9H15NO/c1-6-8(4-5-10-6)9(11)7-2-3-7/h6-8,10H,2-5H2,1H3. The van der Waals surface area contributed by atoms with Gasteiger partial charge in [0.1, 0.15) is 5.78 Å². The van der Waals surface area contributed by atoms with Crippen LogP contribution in [0.2, 0.25) is 0 Å². The molecule has 62 valence electrons. The number of hydrogen-bond acceptors (Lipinski definition) is 2. The van der Waals surface area contributed by atoms with Gasteiger partial charge in [-0.15, -0.1) is 0 Å². The summed E-state index contributed by atoms with van der Waals surface area (Å²) in [5, 5.41) is 3.31. The summed E-state index contributed by atoms with van der Waals surface area (Å²) in [6.07, 6.45) is 3.38. The zero-order valence-corrected chi connectivity index (χ0v) is 6.97. The summed E-state index contributed by atoms with van der Waals surface area (Å²) in [7, 11) is 0. The fourth-order valence-electron chi connectivity index (χ4n) is 1.92. The van der Waals surface area contributed by atoms with Gasteiger partial charge in [-0.3, -0.25) is 4.79 Å². The Labute approximate surface area is 67.4 Å². The molecule has 1 heterocycles. The lowest BCUT2D eigenvalue weighted by Gasteiger charge is -2.12. The fourth-order valence-corrected chi connectivity index (χ4v) is 1.92. The predicted molar refractivity (Wildman–Crippen MR) is 43.3 cm³/mol. The zero-order chi connectivity index (χ0) is 7.84. The molecule has 0 amide bonds. The van der Waals surface area contributed by atoms with Crippen LogP contribution in [0.25, 0.3) is 0 Å². The van der Waals surface area contributed by atoms with Crippen LogP contribution in [0, 0.1) is 11.8 Å². The van der Waals surface area contributed by atoms with Gasteiger partial charge in [0, 0.05) is 17.9 Å². The first kappa shape index (κ1) is 7.29. The maximum atomic E-state index is 11.6. The van der Waals surface area contributed by atoms with Gasteiger partial charge in [-0.2, -0.15) is 0 Å². The topological polar surface area (TPSA) is 29.1 Å². The lowest BCUT2D eigenvalue weighted by Crippen LogP contribution is -2.28. The number of carbonyl (C=O) groups is 1. The van der Waals surface area contributed by atoms with E-state index < -0.39 is 0 Å². The van der Waals surface area contributed by atoms with Gasteiger partial charge >= 0.3 is 0 Å². The van der Waals surface area contributed by atoms with Crippen LogP contribution >= 0.6 is 0 Å². The van der Waals surface area contributed by atoms with Crippen molar-refractivity contribution in [2.24, 2.45) is 11.8 Å². The molecule has 2 unspecified atom stereocenters. The van der Waals surface area contributed by atoms with Gasteiger partial charge in [0.25, 0.3) is 0 Å². The highest BCUT2D eigenvalue weighted by Gasteiger charge is 2.38. The number of Topliss-reactive ketones (excluding diaryl/α,β-unsaturated/α-hetero) is 1. The molecular formula is C9H15NO. The Hall–Kier alpha value is -0.370. The van der Waals surface area contributed by atoms with Crippen molar-refractivity contribution in [1.82, 2.24) is 5.32 Å². The van der Waals surface area contributed by atoms with Crippen molar-refractivity contribution in [2.75, 3.05) is 6.54 Å². The quantitative estimate of drug-likeness (QED) is 0.640. The SMILES string of the molecule is CC1NCCC1C(=O)C1CC1. The average molecular weight is 153 g/mol. The van der Waals surface area contributed by atoms with Crippen LogP contribution in [-0.4, -0.2) is 18.4 Å². The smallest absolute Gasteiger partial charge is 0.140 e. The molecule has 1 aliphatic carbocycles. The molecule has 1 N–H and O–H groups in total. The number of rotatable bonds is 2. The van der Waals surface area contributed by atoms with E-state index in [4.69, 9.17) is 0 Å². The van der Waals surface area contributed by atoms with E-state index in [2.05, 4.69) is 12.2 Å². The van der Waals surface area contributed by atoms with E-state index in [1.807, 2.05) is 0 Å². The number of hydrogen-bond donors (Lipinski definition) is 1. The molecule has 2 nitrogen and oxygen atoms in total. The summed E-state index contributed by atoms with van der Waals surface area (Å²) in [5.41, 5.74) is 0. The monoisotopic (exact) mass is 153 g/mol. The van der Waals surface area contributed by atoms with Gasteiger partial charge in [-0.25, -0.2) is 0 Å². The second-order valence-electron chi connectivity index (χ2n) is 3.81. The highest BCUT2D eigenvalue weighted by molar-refractivity contribution is 5.86. The highest BCUT2D eigenvalue weighted by atomic mass is 16.1. The minimum atomic E-state index is 0.336. The van der Waals surface area contributed by atoms with Crippen LogP contribution in [0.15, 0.2) is 0 Å². The van der Waals surface area contributed by atoms with Crippen LogP contribution in [0.5, 0.6) is 0 Å². The second kappa shape index (κ2) is 2.59. The number of ketones is 1. The molecular weight excluding hydrogens is 138 g/mol. The largest absolute Gasteiger partial charge is 0.314 e. The normalized spacial score (nSPS) is 37.5. The van der Waals surface area contributed by atoms with Crippen molar-refractivity contribution in [3.8, 4) is 0 Å². The summed E-state index contributed by atoms with van der Waals surface area (Å²) in [6, 6.07) is 0.433. The van der Waals surface area contributed by atoms with Gasteiger partial charge < -0.3 is 5.32 Å². The Bertz CT molecular complexity index is 174. The van der Waals surface area contributed by atoms with Crippen molar-refractivity contribution >= 4 is 5.78 Å². The van der Waals surface area contributed by atoms with E-state index in [1.54, 1.807) is 0 Å². The van der Waals surface area contributed by atoms with E-state index in [0.717, 1.165) is 25.8 Å². The van der Waals surface area contributed by atoms with Crippen LogP contribution in [0.4, 0.5) is 0 Å². The highest BCUT2D eigenvalue weighted by Crippen LogP contribution is 2.35. The molecule has 2 aliphatic rings. The molecule has 2 fully saturated rings. The molecule has 2 heteroatoms. The van der Waals surface area contributed by atoms with Crippen LogP contribution in [0.3, 0.4) is 0 Å². The lowest BCUT2D eigenvalue weighted by molar-refractivity contribution is -0.124. The van der Waals surface area contributed by atoms with E-state index in [0.29, 0.717) is 23.7 Å². The minimum absolute atomic E-state index is 0.336. The van der Waals surface area contributed by atoms with Gasteiger partial charge in [0.15, 0.2) is 0 Å². The number of carbonyl (C=O) groups excluding carboxylic acids is 1. The minimum Gasteiger partial charge on any atom is -0.314 e. The molecule has 0 aromatic rings. The Morgan fingerprint density at radius 2 is 2.09 bits per heavy atom. The van der Waals surface area contributed by atoms with E-state index in [-0.39, 0.29) is 0 Å². The molecule has 11 heavy (non-hydrogen) atoms. The molecule has 1 saturated heterocycles. The van der Waals surface area contributed by atoms with Crippen LogP contribution < -0.4 is 5.32 Å². The van der Waals surface area contributed by atoms with Crippen LogP contribution in [-0.2, 0) is 4.79 Å². The summed E-state index contributed by atoms with van der Waals surface area (Å²) >= 11 is 0.